The van der Waals surface area contributed by atoms with E-state index in [9.17, 15) is 27.5 Å². The summed E-state index contributed by atoms with van der Waals surface area (Å²) in [6, 6.07) is 9.91. The Morgan fingerprint density at radius 3 is 2.69 bits per heavy atom. The average Bonchev–Trinajstić information content (AvgIpc) is 3.49. The number of rotatable bonds is 7. The number of hydrogen-bond donors (Lipinski definition) is 2. The van der Waals surface area contributed by atoms with Crippen molar-refractivity contribution >= 4 is 33.5 Å². The van der Waals surface area contributed by atoms with Crippen molar-refractivity contribution in [3.8, 4) is 17.3 Å². The highest BCUT2D eigenvalue weighted by molar-refractivity contribution is 6.01. The molecular weight excluding hydrogens is 556 g/mol. The number of nitrogens with zero attached hydrogens (tertiary/aromatic N) is 5. The predicted octanol–water partition coefficient (Wildman–Crippen LogP) is 3.94. The number of fused-ring (bicyclic) bond motifs is 1. The Hall–Kier alpha value is -3.84. The Kier molecular flexibility index (Phi) is 7.26. The molecule has 0 unspecified atom stereocenters. The van der Waals surface area contributed by atoms with Gasteiger partial charge in [-0.05, 0) is 37.1 Å². The van der Waals surface area contributed by atoms with Crippen molar-refractivity contribution in [1.82, 2.24) is 19.0 Å². The van der Waals surface area contributed by atoms with Crippen molar-refractivity contribution in [3.05, 3.63) is 42.0 Å². The lowest BCUT2D eigenvalue weighted by atomic mass is 10.0. The quantitative estimate of drug-likeness (QED) is 0.317. The minimum Gasteiger partial charge on any atom is -0.494 e. The monoisotopic (exact) mass is 588 g/mol. The van der Waals surface area contributed by atoms with Crippen molar-refractivity contribution in [3.63, 3.8) is 0 Å². The molecule has 2 atom stereocenters. The number of carbonyl (C=O) groups excluding carboxylic acids is 1. The molecule has 42 heavy (non-hydrogen) atoms. The number of imidazole rings is 1. The summed E-state index contributed by atoms with van der Waals surface area (Å²) in [7, 11) is 1.32. The van der Waals surface area contributed by atoms with Gasteiger partial charge in [0.15, 0.2) is 5.82 Å². The average molecular weight is 589 g/mol. The number of piperidine rings is 1. The van der Waals surface area contributed by atoms with Gasteiger partial charge in [-0.2, -0.15) is 13.2 Å². The van der Waals surface area contributed by atoms with E-state index in [4.69, 9.17) is 10.5 Å². The van der Waals surface area contributed by atoms with Gasteiger partial charge in [0, 0.05) is 49.8 Å². The van der Waals surface area contributed by atoms with E-state index in [2.05, 4.69) is 9.88 Å². The van der Waals surface area contributed by atoms with E-state index in [-0.39, 0.29) is 54.3 Å². The maximum Gasteiger partial charge on any atom is 0.406 e. The summed E-state index contributed by atoms with van der Waals surface area (Å²) in [5, 5.41) is 10.2. The van der Waals surface area contributed by atoms with Gasteiger partial charge < -0.3 is 34.5 Å². The third-order valence-electron chi connectivity index (χ3n) is 7.98. The zero-order chi connectivity index (χ0) is 29.8. The Balaban J connectivity index is 1.51. The zero-order valence-corrected chi connectivity index (χ0v) is 23.1. The minimum absolute atomic E-state index is 0.0579. The summed E-state index contributed by atoms with van der Waals surface area (Å²) in [6.45, 7) is 0.584. The number of aliphatic hydroxyl groups excluding tert-OH is 1. The zero-order valence-electron chi connectivity index (χ0n) is 23.1. The maximum atomic E-state index is 14.2. The van der Waals surface area contributed by atoms with Crippen LogP contribution < -0.4 is 15.4 Å². The van der Waals surface area contributed by atoms with Crippen molar-refractivity contribution in [2.75, 3.05) is 44.8 Å². The third-order valence-corrected chi connectivity index (χ3v) is 7.98. The molecule has 3 N–H and O–H groups in total. The molecule has 1 fully saturated rings. The van der Waals surface area contributed by atoms with Gasteiger partial charge in [-0.15, -0.1) is 0 Å². The van der Waals surface area contributed by atoms with Gasteiger partial charge >= 0.3 is 6.18 Å². The van der Waals surface area contributed by atoms with E-state index in [1.54, 1.807) is 0 Å². The summed E-state index contributed by atoms with van der Waals surface area (Å²) >= 11 is 0. The summed E-state index contributed by atoms with van der Waals surface area (Å²) < 4.78 is 64.8. The van der Waals surface area contributed by atoms with Crippen molar-refractivity contribution in [2.24, 2.45) is 5.73 Å². The molecule has 1 amide bonds. The molecule has 0 radical (unpaired) electrons. The molecule has 2 aromatic heterocycles. The Morgan fingerprint density at radius 2 is 1.98 bits per heavy atom. The van der Waals surface area contributed by atoms with Crippen molar-refractivity contribution in [2.45, 2.75) is 44.3 Å². The number of anilines is 1. The number of aliphatic hydroxyl groups is 1. The van der Waals surface area contributed by atoms with Crippen LogP contribution in [0.2, 0.25) is 0 Å². The van der Waals surface area contributed by atoms with Crippen molar-refractivity contribution < 1.29 is 32.2 Å². The highest BCUT2D eigenvalue weighted by atomic mass is 19.4. The Morgan fingerprint density at radius 1 is 1.17 bits per heavy atom. The predicted molar refractivity (Wildman–Crippen MR) is 151 cm³/mol. The molecule has 6 rings (SSSR count). The number of ether oxygens (including phenoxy) is 1. The molecule has 0 aliphatic carbocycles. The van der Waals surface area contributed by atoms with Crippen LogP contribution in [-0.4, -0.2) is 88.3 Å². The molecule has 0 saturated carbocycles. The number of alkyl halides is 4. The molecule has 4 heterocycles. The fourth-order valence-corrected chi connectivity index (χ4v) is 6.27. The van der Waals surface area contributed by atoms with Crippen LogP contribution in [0.5, 0.6) is 5.75 Å². The van der Waals surface area contributed by atoms with Crippen LogP contribution in [0.3, 0.4) is 0 Å². The number of para-hydroxylation sites is 1. The van der Waals surface area contributed by atoms with Crippen LogP contribution in [-0.2, 0) is 13.1 Å². The van der Waals surface area contributed by atoms with Gasteiger partial charge in [0.25, 0.3) is 5.91 Å². The van der Waals surface area contributed by atoms with E-state index in [0.717, 1.165) is 21.2 Å². The Labute approximate surface area is 239 Å². The minimum atomic E-state index is -4.57. The lowest BCUT2D eigenvalue weighted by Gasteiger charge is -2.33. The lowest BCUT2D eigenvalue weighted by Crippen LogP contribution is -2.50. The number of methoxy groups -OCH3 is 1. The van der Waals surface area contributed by atoms with E-state index in [1.165, 1.54) is 24.1 Å². The van der Waals surface area contributed by atoms with Crippen LogP contribution in [0.15, 0.2) is 36.4 Å². The number of likely N-dealkylation sites (tertiary alicyclic amines) is 1. The number of nitrogens with two attached hydrogens (primary N) is 1. The van der Waals surface area contributed by atoms with Gasteiger partial charge in [-0.25, -0.2) is 9.37 Å². The lowest BCUT2D eigenvalue weighted by molar-refractivity contribution is -0.139. The standard InChI is InChI=1S/C29H32F4N6O3/c1-42-24-12-18(28(41)37-14-19(30)13-20(34)15-37)10-21-26(24)39(16-29(31,32)33)27(35-21)23-11-17-4-2-5-22-25(17)38(23)8-7-36(22)6-3-9-40/h2,4-5,10-12,19-20,40H,3,6-9,13-16,34H2,1H3/t19-,20-/m1/s1. The first kappa shape index (κ1) is 28.3. The molecule has 13 heteroatoms. The molecule has 4 aromatic rings. The highest BCUT2D eigenvalue weighted by Gasteiger charge is 2.34. The molecule has 2 aliphatic heterocycles. The van der Waals surface area contributed by atoms with Gasteiger partial charge in [0.05, 0.1) is 36.1 Å². The highest BCUT2D eigenvalue weighted by Crippen LogP contribution is 2.40. The molecule has 1 saturated heterocycles. The number of benzene rings is 2. The van der Waals surface area contributed by atoms with E-state index in [0.29, 0.717) is 31.7 Å². The van der Waals surface area contributed by atoms with Crippen LogP contribution in [0.4, 0.5) is 23.2 Å². The van der Waals surface area contributed by atoms with Crippen LogP contribution in [0.25, 0.3) is 33.5 Å². The Bertz CT molecular complexity index is 1640. The first-order valence-electron chi connectivity index (χ1n) is 13.9. The second kappa shape index (κ2) is 10.8. The van der Waals surface area contributed by atoms with Crippen molar-refractivity contribution in [1.29, 1.82) is 0 Å². The topological polar surface area (TPSA) is 102 Å². The maximum absolute atomic E-state index is 14.2. The molecule has 0 spiro atoms. The number of hydrogen-bond acceptors (Lipinski definition) is 6. The molecule has 2 aliphatic rings. The normalized spacial score (nSPS) is 19.2. The largest absolute Gasteiger partial charge is 0.494 e. The number of amides is 1. The molecule has 224 valence electrons. The summed E-state index contributed by atoms with van der Waals surface area (Å²) in [4.78, 5) is 21.5. The third kappa shape index (κ3) is 5.04. The van der Waals surface area contributed by atoms with Crippen LogP contribution >= 0.6 is 0 Å². The molecule has 9 nitrogen and oxygen atoms in total. The number of carbonyl (C=O) groups is 1. The second-order valence-corrected chi connectivity index (χ2v) is 10.9. The van der Waals surface area contributed by atoms with Gasteiger partial charge in [-0.1, -0.05) is 12.1 Å². The van der Waals surface area contributed by atoms with Crippen LogP contribution in [0.1, 0.15) is 23.2 Å². The van der Waals surface area contributed by atoms with E-state index in [1.807, 2.05) is 28.8 Å². The summed E-state index contributed by atoms with van der Waals surface area (Å²) in [6.07, 6.45) is -5.07. The summed E-state index contributed by atoms with van der Waals surface area (Å²) in [5.41, 5.74) is 8.67. The summed E-state index contributed by atoms with van der Waals surface area (Å²) in [5.74, 6) is -0.335. The first-order valence-corrected chi connectivity index (χ1v) is 13.9. The number of halogens is 4. The first-order chi connectivity index (χ1) is 20.1. The van der Waals surface area contributed by atoms with E-state index >= 15 is 0 Å². The smallest absolute Gasteiger partial charge is 0.406 e. The van der Waals surface area contributed by atoms with Gasteiger partial charge in [-0.3, -0.25) is 4.79 Å². The SMILES string of the molecule is COc1cc(C(=O)N2C[C@H](N)C[C@@H](F)C2)cc2nc(-c3cc4cccc5c4n3CCN5CCCO)n(CC(F)(F)F)c12. The fourth-order valence-electron chi connectivity index (χ4n) is 6.27. The number of aromatic nitrogens is 3. The molecule has 2 aromatic carbocycles. The van der Waals surface area contributed by atoms with Crippen LogP contribution in [0, 0.1) is 0 Å². The molecule has 0 bridgehead atoms. The second-order valence-electron chi connectivity index (χ2n) is 10.9. The fraction of sp³-hybridized carbons (Fsp3) is 0.448. The van der Waals surface area contributed by atoms with E-state index < -0.39 is 30.8 Å². The molecular formula is C29H32F4N6O3. The van der Waals surface area contributed by atoms with Gasteiger partial charge in [0.2, 0.25) is 0 Å². The van der Waals surface area contributed by atoms with Gasteiger partial charge in [0.1, 0.15) is 24.0 Å².